The second-order valence-electron chi connectivity index (χ2n) is 4.77. The molecule has 1 heterocycles. The molecular formula is C14H22BrN3. The van der Waals surface area contributed by atoms with Crippen LogP contribution in [-0.4, -0.2) is 37.6 Å². The number of hydrogen-bond donors (Lipinski definition) is 1. The summed E-state index contributed by atoms with van der Waals surface area (Å²) in [5, 5.41) is 0. The summed E-state index contributed by atoms with van der Waals surface area (Å²) in [5.74, 6) is 0. The standard InChI is InChI=1S/C14H22BrN3/c1-2-6-17-7-9-18(10-8-17)14-5-3-4-13(15)12(14)11-16/h3-5H,2,6-11,16H2,1H3. The third-order valence-corrected chi connectivity index (χ3v) is 4.29. The van der Waals surface area contributed by atoms with Crippen LogP contribution >= 0.6 is 15.9 Å². The minimum absolute atomic E-state index is 0.589. The molecule has 1 aromatic rings. The summed E-state index contributed by atoms with van der Waals surface area (Å²) in [6, 6.07) is 6.35. The fourth-order valence-electron chi connectivity index (χ4n) is 2.57. The summed E-state index contributed by atoms with van der Waals surface area (Å²) in [5.41, 5.74) is 8.38. The number of anilines is 1. The van der Waals surface area contributed by atoms with Crippen LogP contribution in [0.3, 0.4) is 0 Å². The molecule has 1 aliphatic heterocycles. The van der Waals surface area contributed by atoms with Gasteiger partial charge in [0.15, 0.2) is 0 Å². The summed E-state index contributed by atoms with van der Waals surface area (Å²) in [4.78, 5) is 5.00. The molecule has 0 saturated carbocycles. The smallest absolute Gasteiger partial charge is 0.0424 e. The predicted molar refractivity (Wildman–Crippen MR) is 81.0 cm³/mol. The number of rotatable bonds is 4. The molecule has 4 heteroatoms. The van der Waals surface area contributed by atoms with Crippen molar-refractivity contribution in [2.45, 2.75) is 19.9 Å². The van der Waals surface area contributed by atoms with Crippen molar-refractivity contribution in [2.24, 2.45) is 5.73 Å². The number of benzene rings is 1. The van der Waals surface area contributed by atoms with Crippen molar-refractivity contribution in [3.05, 3.63) is 28.2 Å². The van der Waals surface area contributed by atoms with Crippen molar-refractivity contribution >= 4 is 21.6 Å². The molecule has 1 saturated heterocycles. The Labute approximate surface area is 118 Å². The zero-order valence-corrected chi connectivity index (χ0v) is 12.6. The van der Waals surface area contributed by atoms with Gasteiger partial charge >= 0.3 is 0 Å². The zero-order valence-electron chi connectivity index (χ0n) is 11.0. The Balaban J connectivity index is 2.07. The highest BCUT2D eigenvalue weighted by Gasteiger charge is 2.18. The van der Waals surface area contributed by atoms with Gasteiger partial charge in [-0.25, -0.2) is 0 Å². The van der Waals surface area contributed by atoms with Crippen molar-refractivity contribution in [2.75, 3.05) is 37.6 Å². The minimum atomic E-state index is 0.589. The number of piperazine rings is 1. The monoisotopic (exact) mass is 311 g/mol. The third-order valence-electron chi connectivity index (χ3n) is 3.55. The van der Waals surface area contributed by atoms with Crippen LogP contribution < -0.4 is 10.6 Å². The highest BCUT2D eigenvalue weighted by molar-refractivity contribution is 9.10. The Morgan fingerprint density at radius 2 is 1.94 bits per heavy atom. The van der Waals surface area contributed by atoms with Crippen LogP contribution in [0.5, 0.6) is 0 Å². The molecular weight excluding hydrogens is 290 g/mol. The lowest BCUT2D eigenvalue weighted by molar-refractivity contribution is 0.258. The normalized spacial score (nSPS) is 17.2. The van der Waals surface area contributed by atoms with E-state index >= 15 is 0 Å². The maximum atomic E-state index is 5.87. The molecule has 1 fully saturated rings. The fraction of sp³-hybridized carbons (Fsp3) is 0.571. The summed E-state index contributed by atoms with van der Waals surface area (Å²) >= 11 is 3.59. The van der Waals surface area contributed by atoms with E-state index in [1.54, 1.807) is 0 Å². The minimum Gasteiger partial charge on any atom is -0.369 e. The average Bonchev–Trinajstić information content (AvgIpc) is 2.40. The Morgan fingerprint density at radius 3 is 2.56 bits per heavy atom. The Bertz CT molecular complexity index is 387. The molecule has 18 heavy (non-hydrogen) atoms. The highest BCUT2D eigenvalue weighted by atomic mass is 79.9. The van der Waals surface area contributed by atoms with Gasteiger partial charge in [0.25, 0.3) is 0 Å². The molecule has 0 radical (unpaired) electrons. The van der Waals surface area contributed by atoms with Crippen molar-refractivity contribution in [3.8, 4) is 0 Å². The van der Waals surface area contributed by atoms with Crippen LogP contribution in [0, 0.1) is 0 Å². The van der Waals surface area contributed by atoms with Crippen molar-refractivity contribution in [1.82, 2.24) is 4.90 Å². The third kappa shape index (κ3) is 3.05. The average molecular weight is 312 g/mol. The SMILES string of the molecule is CCCN1CCN(c2cccc(Br)c2CN)CC1. The van der Waals surface area contributed by atoms with E-state index in [2.05, 4.69) is 50.9 Å². The van der Waals surface area contributed by atoms with Crippen LogP contribution in [0.4, 0.5) is 5.69 Å². The van der Waals surface area contributed by atoms with Gasteiger partial charge in [-0.15, -0.1) is 0 Å². The number of nitrogens with zero attached hydrogens (tertiary/aromatic N) is 2. The van der Waals surface area contributed by atoms with E-state index in [0.29, 0.717) is 6.54 Å². The predicted octanol–water partition coefficient (Wildman–Crippen LogP) is 2.44. The molecule has 2 N–H and O–H groups in total. The topological polar surface area (TPSA) is 32.5 Å². The maximum Gasteiger partial charge on any atom is 0.0424 e. The second kappa shape index (κ2) is 6.55. The molecule has 0 aliphatic carbocycles. The summed E-state index contributed by atoms with van der Waals surface area (Å²) in [6.07, 6.45) is 1.24. The van der Waals surface area contributed by atoms with E-state index in [-0.39, 0.29) is 0 Å². The number of hydrogen-bond acceptors (Lipinski definition) is 3. The molecule has 2 rings (SSSR count). The van der Waals surface area contributed by atoms with Crippen LogP contribution in [0.2, 0.25) is 0 Å². The number of nitrogens with two attached hydrogens (primary N) is 1. The largest absolute Gasteiger partial charge is 0.369 e. The van der Waals surface area contributed by atoms with Gasteiger partial charge in [0.1, 0.15) is 0 Å². The molecule has 0 atom stereocenters. The van der Waals surface area contributed by atoms with E-state index in [4.69, 9.17) is 5.73 Å². The molecule has 100 valence electrons. The van der Waals surface area contributed by atoms with Crippen molar-refractivity contribution in [3.63, 3.8) is 0 Å². The molecule has 0 amide bonds. The van der Waals surface area contributed by atoms with Gasteiger partial charge < -0.3 is 10.6 Å². The highest BCUT2D eigenvalue weighted by Crippen LogP contribution is 2.28. The molecule has 1 aromatic carbocycles. The van der Waals surface area contributed by atoms with Gasteiger partial charge in [0, 0.05) is 48.4 Å². The van der Waals surface area contributed by atoms with Gasteiger partial charge in [0.2, 0.25) is 0 Å². The second-order valence-corrected chi connectivity index (χ2v) is 5.62. The lowest BCUT2D eigenvalue weighted by Gasteiger charge is -2.37. The van der Waals surface area contributed by atoms with E-state index < -0.39 is 0 Å². The number of halogens is 1. The van der Waals surface area contributed by atoms with E-state index in [9.17, 15) is 0 Å². The first-order valence-electron chi connectivity index (χ1n) is 6.71. The Kier molecular flexibility index (Phi) is 5.03. The molecule has 1 aliphatic rings. The zero-order chi connectivity index (χ0) is 13.0. The van der Waals surface area contributed by atoms with Gasteiger partial charge in [-0.1, -0.05) is 28.9 Å². The first-order valence-corrected chi connectivity index (χ1v) is 7.50. The van der Waals surface area contributed by atoms with Crippen molar-refractivity contribution in [1.29, 1.82) is 0 Å². The van der Waals surface area contributed by atoms with Gasteiger partial charge in [-0.3, -0.25) is 4.90 Å². The van der Waals surface area contributed by atoms with Crippen LogP contribution in [0.15, 0.2) is 22.7 Å². The molecule has 3 nitrogen and oxygen atoms in total. The van der Waals surface area contributed by atoms with E-state index in [1.807, 2.05) is 0 Å². The van der Waals surface area contributed by atoms with Crippen LogP contribution in [0.1, 0.15) is 18.9 Å². The first-order chi connectivity index (χ1) is 8.76. The van der Waals surface area contributed by atoms with E-state index in [0.717, 1.165) is 30.7 Å². The fourth-order valence-corrected chi connectivity index (χ4v) is 3.09. The quantitative estimate of drug-likeness (QED) is 0.927. The lowest BCUT2D eigenvalue weighted by Crippen LogP contribution is -2.46. The Morgan fingerprint density at radius 1 is 1.22 bits per heavy atom. The molecule has 0 spiro atoms. The first kappa shape index (κ1) is 13.8. The molecule has 0 aromatic heterocycles. The Hall–Kier alpha value is -0.580. The van der Waals surface area contributed by atoms with Gasteiger partial charge in [0.05, 0.1) is 0 Å². The summed E-state index contributed by atoms with van der Waals surface area (Å²) < 4.78 is 1.12. The maximum absolute atomic E-state index is 5.87. The van der Waals surface area contributed by atoms with E-state index in [1.165, 1.54) is 24.2 Å². The lowest BCUT2D eigenvalue weighted by atomic mass is 10.1. The van der Waals surface area contributed by atoms with Crippen LogP contribution in [0.25, 0.3) is 0 Å². The molecule has 0 unspecified atom stereocenters. The van der Waals surface area contributed by atoms with Crippen LogP contribution in [-0.2, 0) is 6.54 Å². The van der Waals surface area contributed by atoms with Gasteiger partial charge in [-0.2, -0.15) is 0 Å². The summed E-state index contributed by atoms with van der Waals surface area (Å²) in [6.45, 7) is 8.57. The van der Waals surface area contributed by atoms with Crippen molar-refractivity contribution < 1.29 is 0 Å². The summed E-state index contributed by atoms with van der Waals surface area (Å²) in [7, 11) is 0. The molecule has 0 bridgehead atoms. The van der Waals surface area contributed by atoms with Gasteiger partial charge in [-0.05, 0) is 25.1 Å².